The molecule has 0 fully saturated rings. The Bertz CT molecular complexity index is 91.6. The first-order chi connectivity index (χ1) is 5.06. The molecule has 2 nitrogen and oxygen atoms in total. The lowest BCUT2D eigenvalue weighted by atomic mass is 10.2. The van der Waals surface area contributed by atoms with E-state index in [0.29, 0.717) is 12.1 Å². The highest BCUT2D eigenvalue weighted by atomic mass is 15.1. The van der Waals surface area contributed by atoms with E-state index in [1.807, 2.05) is 0 Å². The molecule has 0 aromatic carbocycles. The van der Waals surface area contributed by atoms with E-state index in [0.717, 1.165) is 6.54 Å². The second-order valence-corrected chi connectivity index (χ2v) is 3.64. The molecular weight excluding hydrogens is 136 g/mol. The summed E-state index contributed by atoms with van der Waals surface area (Å²) in [6.45, 7) is 7.78. The SMILES string of the molecule is CC[C@@H](C)N[C@H](C)CN(C)C. The van der Waals surface area contributed by atoms with Crippen LogP contribution < -0.4 is 5.32 Å². The van der Waals surface area contributed by atoms with Crippen LogP contribution in [0.5, 0.6) is 0 Å². The van der Waals surface area contributed by atoms with E-state index < -0.39 is 0 Å². The average Bonchev–Trinajstić information content (AvgIpc) is 1.85. The molecule has 0 spiro atoms. The van der Waals surface area contributed by atoms with Crippen molar-refractivity contribution in [2.24, 2.45) is 0 Å². The van der Waals surface area contributed by atoms with Crippen LogP contribution in [0.2, 0.25) is 0 Å². The third-order valence-electron chi connectivity index (χ3n) is 1.82. The quantitative estimate of drug-likeness (QED) is 0.649. The van der Waals surface area contributed by atoms with E-state index in [9.17, 15) is 0 Å². The van der Waals surface area contributed by atoms with Crippen molar-refractivity contribution >= 4 is 0 Å². The Morgan fingerprint density at radius 2 is 1.73 bits per heavy atom. The van der Waals surface area contributed by atoms with Gasteiger partial charge in [-0.1, -0.05) is 6.92 Å². The van der Waals surface area contributed by atoms with Gasteiger partial charge in [0.2, 0.25) is 0 Å². The van der Waals surface area contributed by atoms with Gasteiger partial charge in [-0.3, -0.25) is 0 Å². The zero-order chi connectivity index (χ0) is 8.85. The lowest BCUT2D eigenvalue weighted by Gasteiger charge is -2.21. The highest BCUT2D eigenvalue weighted by Gasteiger charge is 2.05. The third kappa shape index (κ3) is 6.32. The molecule has 2 heteroatoms. The maximum Gasteiger partial charge on any atom is 0.0168 e. The normalized spacial score (nSPS) is 16.9. The number of hydrogen-bond acceptors (Lipinski definition) is 2. The summed E-state index contributed by atoms with van der Waals surface area (Å²) in [6, 6.07) is 1.24. The minimum absolute atomic E-state index is 0.597. The van der Waals surface area contributed by atoms with Crippen LogP contribution in [0.1, 0.15) is 27.2 Å². The Hall–Kier alpha value is -0.0800. The van der Waals surface area contributed by atoms with Crippen molar-refractivity contribution in [1.29, 1.82) is 0 Å². The second kappa shape index (κ2) is 5.56. The van der Waals surface area contributed by atoms with Crippen molar-refractivity contribution in [2.75, 3.05) is 20.6 Å². The maximum absolute atomic E-state index is 3.52. The molecule has 0 saturated carbocycles. The summed E-state index contributed by atoms with van der Waals surface area (Å²) < 4.78 is 0. The summed E-state index contributed by atoms with van der Waals surface area (Å²) in [7, 11) is 4.21. The molecule has 0 bridgehead atoms. The smallest absolute Gasteiger partial charge is 0.0168 e. The van der Waals surface area contributed by atoms with Crippen LogP contribution in [-0.2, 0) is 0 Å². The first-order valence-electron chi connectivity index (χ1n) is 4.47. The molecule has 0 unspecified atom stereocenters. The molecule has 1 N–H and O–H groups in total. The minimum atomic E-state index is 0.597. The standard InChI is InChI=1S/C9H22N2/c1-6-8(2)10-9(3)7-11(4)5/h8-10H,6-7H2,1-5H3/t8-,9-/m1/s1. The lowest BCUT2D eigenvalue weighted by molar-refractivity contribution is 0.330. The number of rotatable bonds is 5. The molecular formula is C9H22N2. The number of likely N-dealkylation sites (N-methyl/N-ethyl adjacent to an activating group) is 1. The lowest BCUT2D eigenvalue weighted by Crippen LogP contribution is -2.40. The van der Waals surface area contributed by atoms with Crippen molar-refractivity contribution in [3.8, 4) is 0 Å². The highest BCUT2D eigenvalue weighted by molar-refractivity contribution is 4.67. The van der Waals surface area contributed by atoms with Gasteiger partial charge >= 0.3 is 0 Å². The van der Waals surface area contributed by atoms with Gasteiger partial charge < -0.3 is 10.2 Å². The van der Waals surface area contributed by atoms with E-state index in [4.69, 9.17) is 0 Å². The van der Waals surface area contributed by atoms with Gasteiger partial charge in [-0.2, -0.15) is 0 Å². The molecule has 0 aromatic rings. The molecule has 0 rings (SSSR count). The Kier molecular flexibility index (Phi) is 5.51. The number of hydrogen-bond donors (Lipinski definition) is 1. The van der Waals surface area contributed by atoms with E-state index in [1.165, 1.54) is 6.42 Å². The van der Waals surface area contributed by atoms with Gasteiger partial charge in [-0.05, 0) is 34.4 Å². The van der Waals surface area contributed by atoms with Crippen molar-refractivity contribution in [3.63, 3.8) is 0 Å². The van der Waals surface area contributed by atoms with Crippen LogP contribution in [0, 0.1) is 0 Å². The van der Waals surface area contributed by atoms with Gasteiger partial charge in [0.05, 0.1) is 0 Å². The third-order valence-corrected chi connectivity index (χ3v) is 1.82. The molecule has 11 heavy (non-hydrogen) atoms. The maximum atomic E-state index is 3.52. The Morgan fingerprint density at radius 1 is 1.18 bits per heavy atom. The topological polar surface area (TPSA) is 15.3 Å². The molecule has 0 aliphatic heterocycles. The summed E-state index contributed by atoms with van der Waals surface area (Å²) >= 11 is 0. The van der Waals surface area contributed by atoms with Crippen LogP contribution in [-0.4, -0.2) is 37.6 Å². The van der Waals surface area contributed by atoms with Crippen LogP contribution in [0.4, 0.5) is 0 Å². The summed E-state index contributed by atoms with van der Waals surface area (Å²) in [5, 5.41) is 3.52. The van der Waals surface area contributed by atoms with Gasteiger partial charge in [0.1, 0.15) is 0 Å². The molecule has 0 aromatic heterocycles. The average molecular weight is 158 g/mol. The molecule has 2 atom stereocenters. The van der Waals surface area contributed by atoms with E-state index in [1.54, 1.807) is 0 Å². The molecule has 0 radical (unpaired) electrons. The Morgan fingerprint density at radius 3 is 2.09 bits per heavy atom. The fraction of sp³-hybridized carbons (Fsp3) is 1.00. The predicted octanol–water partition coefficient (Wildman–Crippen LogP) is 1.32. The molecule has 0 aliphatic rings. The van der Waals surface area contributed by atoms with Crippen LogP contribution >= 0.6 is 0 Å². The van der Waals surface area contributed by atoms with Crippen molar-refractivity contribution < 1.29 is 0 Å². The predicted molar refractivity (Wildman–Crippen MR) is 50.9 cm³/mol. The monoisotopic (exact) mass is 158 g/mol. The molecule has 0 saturated heterocycles. The van der Waals surface area contributed by atoms with Gasteiger partial charge in [-0.15, -0.1) is 0 Å². The Labute approximate surface area is 71.0 Å². The fourth-order valence-electron chi connectivity index (χ4n) is 1.20. The summed E-state index contributed by atoms with van der Waals surface area (Å²) in [5.74, 6) is 0. The largest absolute Gasteiger partial charge is 0.311 e. The van der Waals surface area contributed by atoms with E-state index in [2.05, 4.69) is 45.1 Å². The molecule has 0 amide bonds. The van der Waals surface area contributed by atoms with Gasteiger partial charge in [-0.25, -0.2) is 0 Å². The van der Waals surface area contributed by atoms with Crippen molar-refractivity contribution in [2.45, 2.75) is 39.3 Å². The summed E-state index contributed by atoms with van der Waals surface area (Å²) in [4.78, 5) is 2.21. The van der Waals surface area contributed by atoms with Crippen LogP contribution in [0.15, 0.2) is 0 Å². The first-order valence-corrected chi connectivity index (χ1v) is 4.47. The van der Waals surface area contributed by atoms with Crippen LogP contribution in [0.3, 0.4) is 0 Å². The number of nitrogens with one attached hydrogen (secondary N) is 1. The van der Waals surface area contributed by atoms with Crippen molar-refractivity contribution in [1.82, 2.24) is 10.2 Å². The summed E-state index contributed by atoms with van der Waals surface area (Å²) in [6.07, 6.45) is 1.21. The van der Waals surface area contributed by atoms with Crippen molar-refractivity contribution in [3.05, 3.63) is 0 Å². The van der Waals surface area contributed by atoms with Crippen LogP contribution in [0.25, 0.3) is 0 Å². The molecule has 68 valence electrons. The van der Waals surface area contributed by atoms with Gasteiger partial charge in [0.25, 0.3) is 0 Å². The highest BCUT2D eigenvalue weighted by Crippen LogP contribution is 1.92. The zero-order valence-electron chi connectivity index (χ0n) is 8.52. The fourth-order valence-corrected chi connectivity index (χ4v) is 1.20. The minimum Gasteiger partial charge on any atom is -0.311 e. The summed E-state index contributed by atoms with van der Waals surface area (Å²) in [5.41, 5.74) is 0. The van der Waals surface area contributed by atoms with Gasteiger partial charge in [0.15, 0.2) is 0 Å². The Balaban J connectivity index is 3.43. The van der Waals surface area contributed by atoms with Gasteiger partial charge in [0, 0.05) is 18.6 Å². The first kappa shape index (κ1) is 10.9. The van der Waals surface area contributed by atoms with E-state index >= 15 is 0 Å². The zero-order valence-corrected chi connectivity index (χ0v) is 8.52. The second-order valence-electron chi connectivity index (χ2n) is 3.64. The molecule has 0 aliphatic carbocycles. The van der Waals surface area contributed by atoms with E-state index in [-0.39, 0.29) is 0 Å². The number of nitrogens with zero attached hydrogens (tertiary/aromatic N) is 1. The molecule has 0 heterocycles.